The van der Waals surface area contributed by atoms with Crippen molar-refractivity contribution in [1.82, 2.24) is 10.2 Å². The van der Waals surface area contributed by atoms with E-state index in [1.165, 1.54) is 16.7 Å². The first-order valence-corrected chi connectivity index (χ1v) is 8.96. The Hall–Kier alpha value is -0.960. The Morgan fingerprint density at radius 3 is 2.74 bits per heavy atom. The Bertz CT molecular complexity index is 437. The Kier molecular flexibility index (Phi) is 5.92. The van der Waals surface area contributed by atoms with Crippen LogP contribution >= 0.6 is 11.8 Å². The third-order valence-electron chi connectivity index (χ3n) is 2.68. The van der Waals surface area contributed by atoms with Crippen molar-refractivity contribution in [2.24, 2.45) is 0 Å². The number of rotatable bonds is 5. The summed E-state index contributed by atoms with van der Waals surface area (Å²) in [6.45, 7) is 0.610. The number of thioether (sulfide) groups is 1. The van der Waals surface area contributed by atoms with Gasteiger partial charge in [0, 0.05) is 37.3 Å². The summed E-state index contributed by atoms with van der Waals surface area (Å²) in [6, 6.07) is -0.443. The van der Waals surface area contributed by atoms with Crippen LogP contribution in [0.15, 0.2) is 0 Å². The zero-order valence-electron chi connectivity index (χ0n) is 10.7. The number of sulfone groups is 1. The van der Waals surface area contributed by atoms with Crippen molar-refractivity contribution in [3.63, 3.8) is 0 Å². The van der Waals surface area contributed by atoms with Gasteiger partial charge in [0.15, 0.2) is 9.84 Å². The van der Waals surface area contributed by atoms with Crippen LogP contribution in [0.5, 0.6) is 0 Å². The topological polar surface area (TPSA) is 104 Å². The van der Waals surface area contributed by atoms with Gasteiger partial charge in [-0.1, -0.05) is 0 Å². The highest BCUT2D eigenvalue weighted by Crippen LogP contribution is 2.20. The van der Waals surface area contributed by atoms with Crippen molar-refractivity contribution < 1.29 is 23.1 Å². The van der Waals surface area contributed by atoms with Crippen LogP contribution in [0.25, 0.3) is 0 Å². The van der Waals surface area contributed by atoms with E-state index < -0.39 is 27.2 Å². The van der Waals surface area contributed by atoms with E-state index in [0.29, 0.717) is 24.5 Å². The molecule has 0 spiro atoms. The predicted molar refractivity (Wildman–Crippen MR) is 72.9 cm³/mol. The molecular formula is C10H18N2O5S2. The molecule has 110 valence electrons. The van der Waals surface area contributed by atoms with Gasteiger partial charge in [-0.05, 0) is 6.42 Å². The Morgan fingerprint density at radius 2 is 2.16 bits per heavy atom. The van der Waals surface area contributed by atoms with Crippen molar-refractivity contribution in [3.05, 3.63) is 0 Å². The van der Waals surface area contributed by atoms with E-state index in [1.54, 1.807) is 0 Å². The number of amides is 2. The molecule has 1 heterocycles. The molecule has 1 rings (SSSR count). The number of urea groups is 1. The standard InChI is InChI=1S/C10H18N2O5S2/c1-19(16,17)8-7-18-6-5-12(8)10(15)11-4-2-3-9(13)14/h8H,2-7H2,1H3,(H,11,15)(H,13,14). The molecule has 19 heavy (non-hydrogen) atoms. The van der Waals surface area contributed by atoms with E-state index in [1.807, 2.05) is 0 Å². The van der Waals surface area contributed by atoms with Crippen LogP contribution in [0, 0.1) is 0 Å². The van der Waals surface area contributed by atoms with Gasteiger partial charge < -0.3 is 15.3 Å². The fourth-order valence-corrected chi connectivity index (χ4v) is 4.52. The van der Waals surface area contributed by atoms with Gasteiger partial charge in [0.25, 0.3) is 0 Å². The number of carbonyl (C=O) groups excluding carboxylic acids is 1. The Balaban J connectivity index is 2.51. The van der Waals surface area contributed by atoms with Crippen LogP contribution < -0.4 is 5.32 Å². The van der Waals surface area contributed by atoms with E-state index in [0.717, 1.165) is 6.26 Å². The average Bonchev–Trinajstić information content (AvgIpc) is 2.33. The lowest BCUT2D eigenvalue weighted by Gasteiger charge is -2.33. The van der Waals surface area contributed by atoms with E-state index in [2.05, 4.69) is 5.32 Å². The predicted octanol–water partition coefficient (Wildman–Crippen LogP) is -0.0197. The summed E-state index contributed by atoms with van der Waals surface area (Å²) >= 11 is 1.50. The molecule has 0 bridgehead atoms. The van der Waals surface area contributed by atoms with Crippen molar-refractivity contribution >= 4 is 33.6 Å². The molecule has 1 aliphatic heterocycles. The smallest absolute Gasteiger partial charge is 0.318 e. The minimum absolute atomic E-state index is 0.0222. The van der Waals surface area contributed by atoms with Crippen LogP contribution in [0.4, 0.5) is 4.79 Å². The second-order valence-corrected chi connectivity index (χ2v) is 7.63. The molecule has 1 aliphatic rings. The van der Waals surface area contributed by atoms with Crippen molar-refractivity contribution in [2.45, 2.75) is 18.2 Å². The van der Waals surface area contributed by atoms with Gasteiger partial charge in [-0.15, -0.1) is 0 Å². The summed E-state index contributed by atoms with van der Waals surface area (Å²) < 4.78 is 23.2. The van der Waals surface area contributed by atoms with Crippen LogP contribution in [-0.2, 0) is 14.6 Å². The molecular weight excluding hydrogens is 292 g/mol. The van der Waals surface area contributed by atoms with Crippen LogP contribution in [0.3, 0.4) is 0 Å². The molecule has 0 aromatic carbocycles. The Labute approximate surface area is 116 Å². The molecule has 1 fully saturated rings. The number of hydrogen-bond acceptors (Lipinski definition) is 5. The van der Waals surface area contributed by atoms with Crippen LogP contribution in [-0.4, -0.2) is 66.6 Å². The molecule has 0 aromatic rings. The first-order valence-electron chi connectivity index (χ1n) is 5.85. The maximum atomic E-state index is 11.9. The lowest BCUT2D eigenvalue weighted by molar-refractivity contribution is -0.137. The number of nitrogens with zero attached hydrogens (tertiary/aromatic N) is 1. The summed E-state index contributed by atoms with van der Waals surface area (Å²) in [7, 11) is -3.31. The maximum absolute atomic E-state index is 11.9. The highest BCUT2D eigenvalue weighted by Gasteiger charge is 2.33. The summed E-state index contributed by atoms with van der Waals surface area (Å²) in [4.78, 5) is 23.5. The molecule has 0 saturated carbocycles. The zero-order valence-corrected chi connectivity index (χ0v) is 12.3. The monoisotopic (exact) mass is 310 g/mol. The van der Waals surface area contributed by atoms with E-state index >= 15 is 0 Å². The Morgan fingerprint density at radius 1 is 1.47 bits per heavy atom. The van der Waals surface area contributed by atoms with Gasteiger partial charge in [-0.2, -0.15) is 11.8 Å². The summed E-state index contributed by atoms with van der Waals surface area (Å²) in [5.74, 6) is 0.160. The molecule has 7 nitrogen and oxygen atoms in total. The highest BCUT2D eigenvalue weighted by molar-refractivity contribution is 8.00. The van der Waals surface area contributed by atoms with Crippen molar-refractivity contribution in [2.75, 3.05) is 30.9 Å². The molecule has 2 N–H and O–H groups in total. The number of nitrogens with one attached hydrogen (secondary N) is 1. The SMILES string of the molecule is CS(=O)(=O)C1CSCCN1C(=O)NCCCC(=O)O. The quantitative estimate of drug-likeness (QED) is 0.692. The van der Waals surface area contributed by atoms with E-state index in [-0.39, 0.29) is 13.0 Å². The van der Waals surface area contributed by atoms with Crippen molar-refractivity contribution in [1.29, 1.82) is 0 Å². The average molecular weight is 310 g/mol. The molecule has 1 atom stereocenters. The first kappa shape index (κ1) is 16.1. The molecule has 1 unspecified atom stereocenters. The minimum atomic E-state index is -3.31. The molecule has 0 radical (unpaired) electrons. The third kappa shape index (κ3) is 5.27. The zero-order chi connectivity index (χ0) is 14.5. The molecule has 2 amide bonds. The van der Waals surface area contributed by atoms with Crippen molar-refractivity contribution in [3.8, 4) is 0 Å². The molecule has 1 saturated heterocycles. The highest BCUT2D eigenvalue weighted by atomic mass is 32.2. The van der Waals surface area contributed by atoms with Gasteiger partial charge in [0.2, 0.25) is 0 Å². The second kappa shape index (κ2) is 6.99. The summed E-state index contributed by atoms with van der Waals surface area (Å²) in [5, 5.41) is 10.2. The number of aliphatic carboxylic acids is 1. The number of hydrogen-bond donors (Lipinski definition) is 2. The van der Waals surface area contributed by atoms with Gasteiger partial charge >= 0.3 is 12.0 Å². The van der Waals surface area contributed by atoms with Gasteiger partial charge in [-0.3, -0.25) is 4.79 Å². The molecule has 0 aliphatic carbocycles. The lowest BCUT2D eigenvalue weighted by Crippen LogP contribution is -2.53. The van der Waals surface area contributed by atoms with Gasteiger partial charge in [0.05, 0.1) is 0 Å². The summed E-state index contributed by atoms with van der Waals surface area (Å²) in [5.41, 5.74) is 0. The second-order valence-electron chi connectivity index (χ2n) is 4.28. The number of carboxylic acid groups (broad SMARTS) is 1. The van der Waals surface area contributed by atoms with E-state index in [4.69, 9.17) is 5.11 Å². The largest absolute Gasteiger partial charge is 0.481 e. The maximum Gasteiger partial charge on any atom is 0.318 e. The molecule has 9 heteroatoms. The first-order chi connectivity index (χ1) is 8.82. The van der Waals surface area contributed by atoms with Crippen LogP contribution in [0.2, 0.25) is 0 Å². The summed E-state index contributed by atoms with van der Waals surface area (Å²) in [6.07, 6.45) is 1.42. The van der Waals surface area contributed by atoms with Crippen LogP contribution in [0.1, 0.15) is 12.8 Å². The van der Waals surface area contributed by atoms with E-state index in [9.17, 15) is 18.0 Å². The molecule has 0 aromatic heterocycles. The lowest BCUT2D eigenvalue weighted by atomic mass is 10.3. The van der Waals surface area contributed by atoms with Gasteiger partial charge in [0.1, 0.15) is 5.37 Å². The number of carboxylic acids is 1. The fourth-order valence-electron chi connectivity index (χ4n) is 1.70. The normalized spacial score (nSPS) is 20.1. The number of carbonyl (C=O) groups is 2. The van der Waals surface area contributed by atoms with Gasteiger partial charge in [-0.25, -0.2) is 13.2 Å². The fraction of sp³-hybridized carbons (Fsp3) is 0.800. The third-order valence-corrected chi connectivity index (χ3v) is 5.33. The minimum Gasteiger partial charge on any atom is -0.481 e.